The molecule has 1 fully saturated rings. The molecule has 0 unspecified atom stereocenters. The summed E-state index contributed by atoms with van der Waals surface area (Å²) in [5.74, 6) is 0.779. The Morgan fingerprint density at radius 1 is 1.24 bits per heavy atom. The highest BCUT2D eigenvalue weighted by molar-refractivity contribution is 5.32. The van der Waals surface area contributed by atoms with Crippen molar-refractivity contribution in [3.05, 3.63) is 74.8 Å². The van der Waals surface area contributed by atoms with Crippen LogP contribution in [0.2, 0.25) is 0 Å². The Labute approximate surface area is 197 Å². The molecule has 10 nitrogen and oxygen atoms in total. The van der Waals surface area contributed by atoms with Gasteiger partial charge in [-0.2, -0.15) is 0 Å². The van der Waals surface area contributed by atoms with Crippen LogP contribution in [0.3, 0.4) is 0 Å². The third-order valence-electron chi connectivity index (χ3n) is 6.30. The first kappa shape index (κ1) is 23.9. The van der Waals surface area contributed by atoms with Gasteiger partial charge in [-0.25, -0.2) is 9.48 Å². The van der Waals surface area contributed by atoms with E-state index < -0.39 is 16.9 Å². The molecule has 1 atom stereocenters. The second-order valence-corrected chi connectivity index (χ2v) is 8.69. The van der Waals surface area contributed by atoms with Crippen LogP contribution >= 0.6 is 0 Å². The van der Waals surface area contributed by atoms with Crippen LogP contribution < -0.4 is 16.0 Å². The van der Waals surface area contributed by atoms with Crippen LogP contribution in [0.15, 0.2) is 52.3 Å². The summed E-state index contributed by atoms with van der Waals surface area (Å²) in [5.41, 5.74) is -0.525. The standard InChI is InChI=1S/C24H31N5O5/c1-2-24(32,18-6-5-9-21(14-18)34-20-7-3-4-8-20)16-29-19(15-25-27-29)11-13-33-17-28-12-10-22(30)26-23(28)31/h5-6,9-10,12,14-15,20,32H,2-4,7-8,11,13,16-17H2,1H3,(H,26,30,31)/t24-/m1/s1. The van der Waals surface area contributed by atoms with Crippen molar-refractivity contribution in [2.45, 2.75) is 70.4 Å². The van der Waals surface area contributed by atoms with Crippen LogP contribution in [0, 0.1) is 0 Å². The first-order valence-electron chi connectivity index (χ1n) is 11.7. The van der Waals surface area contributed by atoms with E-state index in [9.17, 15) is 14.7 Å². The topological polar surface area (TPSA) is 124 Å². The minimum atomic E-state index is -1.14. The molecule has 2 aromatic heterocycles. The molecule has 1 aromatic carbocycles. The van der Waals surface area contributed by atoms with Gasteiger partial charge in [-0.05, 0) is 49.8 Å². The van der Waals surface area contributed by atoms with Gasteiger partial charge in [0.1, 0.15) is 18.1 Å². The molecular weight excluding hydrogens is 438 g/mol. The third kappa shape index (κ3) is 5.81. The molecular formula is C24H31N5O5. The van der Waals surface area contributed by atoms with E-state index in [1.165, 1.54) is 29.7 Å². The highest BCUT2D eigenvalue weighted by Crippen LogP contribution is 2.31. The molecule has 2 heterocycles. The lowest BCUT2D eigenvalue weighted by Gasteiger charge is -2.28. The predicted octanol–water partition coefficient (Wildman–Crippen LogP) is 1.96. The highest BCUT2D eigenvalue weighted by Gasteiger charge is 2.30. The molecule has 0 saturated heterocycles. The van der Waals surface area contributed by atoms with E-state index >= 15 is 0 Å². The Balaban J connectivity index is 1.38. The van der Waals surface area contributed by atoms with E-state index in [-0.39, 0.29) is 19.4 Å². The van der Waals surface area contributed by atoms with Crippen LogP contribution in [0.4, 0.5) is 0 Å². The van der Waals surface area contributed by atoms with Crippen molar-refractivity contribution in [3.63, 3.8) is 0 Å². The maximum atomic E-state index is 11.7. The molecule has 3 aromatic rings. The summed E-state index contributed by atoms with van der Waals surface area (Å²) in [4.78, 5) is 25.1. The van der Waals surface area contributed by atoms with Gasteiger partial charge in [0, 0.05) is 18.7 Å². The third-order valence-corrected chi connectivity index (χ3v) is 6.30. The molecule has 0 amide bonds. The van der Waals surface area contributed by atoms with Crippen LogP contribution in [0.1, 0.15) is 50.3 Å². The summed E-state index contributed by atoms with van der Waals surface area (Å²) in [6, 6.07) is 8.94. The summed E-state index contributed by atoms with van der Waals surface area (Å²) >= 11 is 0. The number of nitrogens with zero attached hydrogens (tertiary/aromatic N) is 4. The summed E-state index contributed by atoms with van der Waals surface area (Å²) in [7, 11) is 0. The molecule has 10 heteroatoms. The van der Waals surface area contributed by atoms with E-state index in [1.54, 1.807) is 10.9 Å². The van der Waals surface area contributed by atoms with E-state index in [4.69, 9.17) is 9.47 Å². The van der Waals surface area contributed by atoms with Crippen LogP contribution in [0.25, 0.3) is 0 Å². The van der Waals surface area contributed by atoms with E-state index in [1.807, 2.05) is 31.2 Å². The van der Waals surface area contributed by atoms with E-state index in [0.717, 1.165) is 29.8 Å². The summed E-state index contributed by atoms with van der Waals surface area (Å²) in [6.45, 7) is 2.51. The van der Waals surface area contributed by atoms with Crippen molar-refractivity contribution >= 4 is 0 Å². The number of aliphatic hydroxyl groups is 1. The molecule has 34 heavy (non-hydrogen) atoms. The normalized spacial score (nSPS) is 15.9. The fourth-order valence-electron chi connectivity index (χ4n) is 4.20. The Morgan fingerprint density at radius 2 is 2.06 bits per heavy atom. The van der Waals surface area contributed by atoms with Gasteiger partial charge in [-0.3, -0.25) is 14.3 Å². The molecule has 2 N–H and O–H groups in total. The average molecular weight is 470 g/mol. The fraction of sp³-hybridized carbons (Fsp3) is 0.500. The Kier molecular flexibility index (Phi) is 7.59. The number of nitrogens with one attached hydrogen (secondary N) is 1. The van der Waals surface area contributed by atoms with Gasteiger partial charge in [0.15, 0.2) is 0 Å². The molecule has 1 aliphatic carbocycles. The Bertz CT molecular complexity index is 1200. The number of benzene rings is 1. The Hall–Kier alpha value is -3.24. The summed E-state index contributed by atoms with van der Waals surface area (Å²) in [6.07, 6.45) is 8.81. The highest BCUT2D eigenvalue weighted by atomic mass is 16.5. The summed E-state index contributed by atoms with van der Waals surface area (Å²) < 4.78 is 14.7. The number of rotatable bonds is 11. The van der Waals surface area contributed by atoms with E-state index in [2.05, 4.69) is 15.3 Å². The van der Waals surface area contributed by atoms with Gasteiger partial charge in [0.2, 0.25) is 0 Å². The average Bonchev–Trinajstić information content (AvgIpc) is 3.50. The maximum Gasteiger partial charge on any atom is 0.330 e. The SMILES string of the molecule is CC[C@@](O)(Cn1nncc1CCOCn1ccc(=O)[nH]c1=O)c1cccc(OC2CCCC2)c1. The van der Waals surface area contributed by atoms with Crippen molar-refractivity contribution in [3.8, 4) is 5.75 Å². The van der Waals surface area contributed by atoms with Crippen LogP contribution in [-0.2, 0) is 30.0 Å². The molecule has 0 spiro atoms. The molecule has 4 rings (SSSR count). The van der Waals surface area contributed by atoms with Gasteiger partial charge in [-0.15, -0.1) is 5.10 Å². The van der Waals surface area contributed by atoms with Gasteiger partial charge >= 0.3 is 5.69 Å². The number of H-pyrrole nitrogens is 1. The van der Waals surface area contributed by atoms with Crippen LogP contribution in [0.5, 0.6) is 5.75 Å². The lowest BCUT2D eigenvalue weighted by molar-refractivity contribution is 0.00877. The molecule has 0 aliphatic heterocycles. The Morgan fingerprint density at radius 3 is 2.82 bits per heavy atom. The minimum Gasteiger partial charge on any atom is -0.490 e. The van der Waals surface area contributed by atoms with Crippen molar-refractivity contribution in [1.82, 2.24) is 24.5 Å². The van der Waals surface area contributed by atoms with Gasteiger partial charge < -0.3 is 14.6 Å². The van der Waals surface area contributed by atoms with Gasteiger partial charge in [-0.1, -0.05) is 24.3 Å². The van der Waals surface area contributed by atoms with E-state index in [0.29, 0.717) is 19.4 Å². The number of aromatic amines is 1. The van der Waals surface area contributed by atoms with Crippen molar-refractivity contribution in [2.24, 2.45) is 0 Å². The first-order valence-corrected chi connectivity index (χ1v) is 11.7. The zero-order valence-electron chi connectivity index (χ0n) is 19.4. The number of hydrogen-bond acceptors (Lipinski definition) is 7. The van der Waals surface area contributed by atoms with Crippen molar-refractivity contribution in [1.29, 1.82) is 0 Å². The molecule has 182 valence electrons. The monoisotopic (exact) mass is 469 g/mol. The van der Waals surface area contributed by atoms with Crippen LogP contribution in [-0.4, -0.2) is 42.4 Å². The number of hydrogen-bond donors (Lipinski definition) is 2. The lowest BCUT2D eigenvalue weighted by Crippen LogP contribution is -2.32. The molecule has 1 saturated carbocycles. The molecule has 0 bridgehead atoms. The summed E-state index contributed by atoms with van der Waals surface area (Å²) in [5, 5.41) is 19.7. The fourth-order valence-corrected chi connectivity index (χ4v) is 4.20. The smallest absolute Gasteiger partial charge is 0.330 e. The van der Waals surface area contributed by atoms with Crippen molar-refractivity contribution in [2.75, 3.05) is 6.61 Å². The van der Waals surface area contributed by atoms with Crippen molar-refractivity contribution < 1.29 is 14.6 Å². The zero-order valence-corrected chi connectivity index (χ0v) is 19.4. The largest absolute Gasteiger partial charge is 0.490 e. The minimum absolute atomic E-state index is 0.0177. The quantitative estimate of drug-likeness (QED) is 0.411. The first-order chi connectivity index (χ1) is 16.5. The number of ether oxygens (including phenoxy) is 2. The molecule has 1 aliphatic rings. The predicted molar refractivity (Wildman–Crippen MR) is 125 cm³/mol. The zero-order chi connectivity index (χ0) is 24.0. The lowest BCUT2D eigenvalue weighted by atomic mass is 9.90. The second-order valence-electron chi connectivity index (χ2n) is 8.69. The molecule has 0 radical (unpaired) electrons. The van der Waals surface area contributed by atoms with Gasteiger partial charge in [0.05, 0.1) is 31.1 Å². The number of aromatic nitrogens is 5. The second kappa shape index (κ2) is 10.8. The van der Waals surface area contributed by atoms with Gasteiger partial charge in [0.25, 0.3) is 5.56 Å². The maximum absolute atomic E-state index is 11.7.